The van der Waals surface area contributed by atoms with E-state index in [9.17, 15) is 18.0 Å². The van der Waals surface area contributed by atoms with Gasteiger partial charge in [0.25, 0.3) is 10.0 Å². The molecule has 0 fully saturated rings. The second kappa shape index (κ2) is 10.1. The van der Waals surface area contributed by atoms with Crippen molar-refractivity contribution in [3.8, 4) is 0 Å². The molecular formula is C24H23ClN2O5S. The molecule has 0 saturated carbocycles. The molecule has 3 aromatic rings. The number of esters is 1. The first-order valence-corrected chi connectivity index (χ1v) is 11.8. The Morgan fingerprint density at radius 3 is 2.21 bits per heavy atom. The predicted octanol–water partition coefficient (Wildman–Crippen LogP) is 4.58. The number of rotatable bonds is 7. The molecule has 0 aliphatic carbocycles. The number of ether oxygens (including phenoxy) is 1. The van der Waals surface area contributed by atoms with Crippen molar-refractivity contribution in [2.75, 3.05) is 23.3 Å². The van der Waals surface area contributed by atoms with E-state index in [4.69, 9.17) is 11.6 Å². The lowest BCUT2D eigenvalue weighted by molar-refractivity contribution is -0.114. The van der Waals surface area contributed by atoms with Gasteiger partial charge < -0.3 is 10.1 Å². The molecule has 1 amide bonds. The first-order chi connectivity index (χ1) is 15.6. The summed E-state index contributed by atoms with van der Waals surface area (Å²) in [6.45, 7) is 3.12. The van der Waals surface area contributed by atoms with Gasteiger partial charge in [-0.2, -0.15) is 0 Å². The first-order valence-electron chi connectivity index (χ1n) is 9.95. The number of carbonyl (C=O) groups excluding carboxylic acids is 2. The zero-order chi connectivity index (χ0) is 24.2. The highest BCUT2D eigenvalue weighted by molar-refractivity contribution is 7.92. The maximum absolute atomic E-state index is 13.5. The Morgan fingerprint density at radius 2 is 1.61 bits per heavy atom. The van der Waals surface area contributed by atoms with Gasteiger partial charge >= 0.3 is 5.97 Å². The second-order valence-electron chi connectivity index (χ2n) is 7.37. The highest BCUT2D eigenvalue weighted by Crippen LogP contribution is 2.29. The van der Waals surface area contributed by atoms with E-state index in [2.05, 4.69) is 10.1 Å². The molecule has 0 aromatic heterocycles. The van der Waals surface area contributed by atoms with Crippen LogP contribution in [0, 0.1) is 13.8 Å². The largest absolute Gasteiger partial charge is 0.465 e. The van der Waals surface area contributed by atoms with Crippen molar-refractivity contribution in [2.24, 2.45) is 0 Å². The molecule has 7 nitrogen and oxygen atoms in total. The molecule has 0 aliphatic heterocycles. The number of benzene rings is 3. The molecule has 33 heavy (non-hydrogen) atoms. The predicted molar refractivity (Wildman–Crippen MR) is 128 cm³/mol. The Hall–Kier alpha value is -3.36. The van der Waals surface area contributed by atoms with Crippen LogP contribution in [0.5, 0.6) is 0 Å². The smallest absolute Gasteiger partial charge is 0.337 e. The molecule has 0 bridgehead atoms. The van der Waals surface area contributed by atoms with Gasteiger partial charge in [-0.05, 0) is 67.9 Å². The standard InChI is InChI=1S/C24H23ClN2O5S/c1-16-4-12-21(13-5-16)33(30,31)27(22-14-19(25)9-6-17(22)2)15-23(28)26-20-10-7-18(8-11-20)24(29)32-3/h4-14H,15H2,1-3H3,(H,26,28). The average Bonchev–Trinajstić information content (AvgIpc) is 2.79. The van der Waals surface area contributed by atoms with Crippen molar-refractivity contribution >= 4 is 44.9 Å². The maximum atomic E-state index is 13.5. The van der Waals surface area contributed by atoms with Crippen molar-refractivity contribution in [3.63, 3.8) is 0 Å². The van der Waals surface area contributed by atoms with Crippen LogP contribution in [-0.2, 0) is 19.6 Å². The molecule has 0 spiro atoms. The fourth-order valence-corrected chi connectivity index (χ4v) is 4.77. The van der Waals surface area contributed by atoms with E-state index in [1.54, 1.807) is 31.2 Å². The zero-order valence-corrected chi connectivity index (χ0v) is 19.9. The van der Waals surface area contributed by atoms with Gasteiger partial charge in [0, 0.05) is 10.7 Å². The topological polar surface area (TPSA) is 92.8 Å². The van der Waals surface area contributed by atoms with Gasteiger partial charge in [0.2, 0.25) is 5.91 Å². The molecule has 0 radical (unpaired) electrons. The van der Waals surface area contributed by atoms with Crippen LogP contribution in [0.2, 0.25) is 5.02 Å². The van der Waals surface area contributed by atoms with Gasteiger partial charge in [-0.3, -0.25) is 9.10 Å². The maximum Gasteiger partial charge on any atom is 0.337 e. The average molecular weight is 487 g/mol. The van der Waals surface area contributed by atoms with Crippen molar-refractivity contribution < 1.29 is 22.7 Å². The summed E-state index contributed by atoms with van der Waals surface area (Å²) in [4.78, 5) is 24.5. The number of carbonyl (C=O) groups is 2. The third kappa shape index (κ3) is 5.71. The summed E-state index contributed by atoms with van der Waals surface area (Å²) in [6.07, 6.45) is 0. The Labute approximate surface area is 198 Å². The summed E-state index contributed by atoms with van der Waals surface area (Å²) in [6, 6.07) is 17.3. The number of hydrogen-bond donors (Lipinski definition) is 1. The molecule has 1 N–H and O–H groups in total. The van der Waals surface area contributed by atoms with Crippen molar-refractivity contribution in [1.29, 1.82) is 0 Å². The van der Waals surface area contributed by atoms with Crippen molar-refractivity contribution in [2.45, 2.75) is 18.7 Å². The van der Waals surface area contributed by atoms with E-state index in [0.29, 0.717) is 27.5 Å². The van der Waals surface area contributed by atoms with E-state index in [0.717, 1.165) is 9.87 Å². The molecule has 3 rings (SSSR count). The summed E-state index contributed by atoms with van der Waals surface area (Å²) in [5.74, 6) is -1.06. The highest BCUT2D eigenvalue weighted by atomic mass is 35.5. The Bertz CT molecular complexity index is 1270. The number of methoxy groups -OCH3 is 1. The molecule has 0 aliphatic rings. The second-order valence-corrected chi connectivity index (χ2v) is 9.67. The monoisotopic (exact) mass is 486 g/mol. The number of anilines is 2. The van der Waals surface area contributed by atoms with Gasteiger partial charge in [-0.15, -0.1) is 0 Å². The third-order valence-corrected chi connectivity index (χ3v) is 6.93. The minimum atomic E-state index is -4.07. The molecule has 0 atom stereocenters. The number of halogens is 1. The Balaban J connectivity index is 1.93. The summed E-state index contributed by atoms with van der Waals surface area (Å²) >= 11 is 6.14. The number of amides is 1. The highest BCUT2D eigenvalue weighted by Gasteiger charge is 2.28. The van der Waals surface area contributed by atoms with Gasteiger partial charge in [-0.25, -0.2) is 13.2 Å². The number of nitrogens with zero attached hydrogens (tertiary/aromatic N) is 1. The molecule has 0 unspecified atom stereocenters. The fourth-order valence-electron chi connectivity index (χ4n) is 3.13. The van der Waals surface area contributed by atoms with E-state index in [1.807, 2.05) is 6.92 Å². The van der Waals surface area contributed by atoms with Crippen LogP contribution < -0.4 is 9.62 Å². The number of sulfonamides is 1. The van der Waals surface area contributed by atoms with Crippen LogP contribution in [0.25, 0.3) is 0 Å². The van der Waals surface area contributed by atoms with Crippen LogP contribution >= 0.6 is 11.6 Å². The number of hydrogen-bond acceptors (Lipinski definition) is 5. The van der Waals surface area contributed by atoms with E-state index in [-0.39, 0.29) is 4.90 Å². The lowest BCUT2D eigenvalue weighted by Gasteiger charge is -2.26. The molecule has 172 valence electrons. The van der Waals surface area contributed by atoms with E-state index >= 15 is 0 Å². The normalized spacial score (nSPS) is 11.0. The fraction of sp³-hybridized carbons (Fsp3) is 0.167. The summed E-state index contributed by atoms with van der Waals surface area (Å²) in [7, 11) is -2.79. The molecule has 0 saturated heterocycles. The van der Waals surface area contributed by atoms with Crippen molar-refractivity contribution in [1.82, 2.24) is 0 Å². The third-order valence-electron chi connectivity index (χ3n) is 4.93. The first kappa shape index (κ1) is 24.3. The lowest BCUT2D eigenvalue weighted by atomic mass is 10.2. The summed E-state index contributed by atoms with van der Waals surface area (Å²) < 4.78 is 32.7. The van der Waals surface area contributed by atoms with E-state index < -0.39 is 28.4 Å². The summed E-state index contributed by atoms with van der Waals surface area (Å²) in [5.41, 5.74) is 2.59. The van der Waals surface area contributed by atoms with Crippen LogP contribution in [0.4, 0.5) is 11.4 Å². The lowest BCUT2D eigenvalue weighted by Crippen LogP contribution is -2.38. The van der Waals surface area contributed by atoms with E-state index in [1.165, 1.54) is 49.6 Å². The van der Waals surface area contributed by atoms with Crippen molar-refractivity contribution in [3.05, 3.63) is 88.4 Å². The van der Waals surface area contributed by atoms with Crippen LogP contribution in [0.1, 0.15) is 21.5 Å². The molecule has 3 aromatic carbocycles. The quantitative estimate of drug-likeness (QED) is 0.493. The molecular weight excluding hydrogens is 464 g/mol. The minimum absolute atomic E-state index is 0.0581. The van der Waals surface area contributed by atoms with Gasteiger partial charge in [0.15, 0.2) is 0 Å². The van der Waals surface area contributed by atoms with Gasteiger partial charge in [-0.1, -0.05) is 35.4 Å². The Morgan fingerprint density at radius 1 is 0.970 bits per heavy atom. The van der Waals surface area contributed by atoms with Crippen LogP contribution in [0.3, 0.4) is 0 Å². The molecule has 0 heterocycles. The SMILES string of the molecule is COC(=O)c1ccc(NC(=O)CN(c2cc(Cl)ccc2C)S(=O)(=O)c2ccc(C)cc2)cc1. The Kier molecular flexibility index (Phi) is 7.40. The molecule has 9 heteroatoms. The van der Waals surface area contributed by atoms with Gasteiger partial charge in [0.1, 0.15) is 6.54 Å². The summed E-state index contributed by atoms with van der Waals surface area (Å²) in [5, 5.41) is 3.01. The minimum Gasteiger partial charge on any atom is -0.465 e. The van der Waals surface area contributed by atoms with Gasteiger partial charge in [0.05, 0.1) is 23.3 Å². The van der Waals surface area contributed by atoms with Crippen LogP contribution in [0.15, 0.2) is 71.6 Å². The number of nitrogens with one attached hydrogen (secondary N) is 1. The zero-order valence-electron chi connectivity index (χ0n) is 18.3. The van der Waals surface area contributed by atoms with Crippen LogP contribution in [-0.4, -0.2) is 33.9 Å². The number of aryl methyl sites for hydroxylation is 2.